The molecule has 0 spiro atoms. The van der Waals surface area contributed by atoms with Gasteiger partial charge in [-0.05, 0) is 24.0 Å². The molecule has 0 aromatic heterocycles. The number of carboxylic acid groups (broad SMARTS) is 1. The molecule has 0 saturated carbocycles. The van der Waals surface area contributed by atoms with E-state index < -0.39 is 12.0 Å². The average molecular weight is 262 g/mol. The van der Waals surface area contributed by atoms with Crippen molar-refractivity contribution in [2.45, 2.75) is 31.8 Å². The minimum absolute atomic E-state index is 0.244. The topological polar surface area (TPSA) is 78.4 Å². The lowest BCUT2D eigenvalue weighted by Gasteiger charge is -2.17. The van der Waals surface area contributed by atoms with Gasteiger partial charge in [0.05, 0.1) is 0 Å². The van der Waals surface area contributed by atoms with E-state index in [0.717, 1.165) is 12.8 Å². The number of aliphatic carboxylic acids is 1. The van der Waals surface area contributed by atoms with Crippen LogP contribution in [0, 0.1) is 0 Å². The van der Waals surface area contributed by atoms with E-state index in [4.69, 9.17) is 5.11 Å². The minimum atomic E-state index is -1.02. The summed E-state index contributed by atoms with van der Waals surface area (Å²) in [6.45, 7) is 1.56. The van der Waals surface area contributed by atoms with Crippen molar-refractivity contribution in [1.82, 2.24) is 10.6 Å². The summed E-state index contributed by atoms with van der Waals surface area (Å²) in [5, 5.41) is 14.7. The van der Waals surface area contributed by atoms with Gasteiger partial charge in [-0.2, -0.15) is 0 Å². The molecule has 1 aliphatic carbocycles. The van der Waals surface area contributed by atoms with Crippen LogP contribution in [0.25, 0.3) is 0 Å². The molecule has 0 heterocycles. The predicted octanol–water partition coefficient (Wildman–Crippen LogP) is 0.333. The Morgan fingerprint density at radius 1 is 1.32 bits per heavy atom. The van der Waals surface area contributed by atoms with Gasteiger partial charge >= 0.3 is 5.97 Å². The van der Waals surface area contributed by atoms with E-state index in [1.54, 1.807) is 0 Å². The zero-order valence-electron chi connectivity index (χ0n) is 10.8. The largest absolute Gasteiger partial charge is 0.480 e. The molecule has 1 unspecified atom stereocenters. The number of benzene rings is 1. The number of nitrogens with one attached hydrogen (secondary N) is 2. The van der Waals surface area contributed by atoms with Gasteiger partial charge in [0, 0.05) is 19.5 Å². The fourth-order valence-corrected chi connectivity index (χ4v) is 2.43. The summed E-state index contributed by atoms with van der Waals surface area (Å²) in [5.74, 6) is -1.35. The fourth-order valence-electron chi connectivity index (χ4n) is 2.43. The number of amides is 1. The first-order valence-electron chi connectivity index (χ1n) is 6.36. The maximum atomic E-state index is 11.0. The molecule has 1 amide bonds. The molecule has 5 heteroatoms. The number of fused-ring (bicyclic) bond motifs is 1. The first kappa shape index (κ1) is 13.5. The second kappa shape index (κ2) is 5.84. The monoisotopic (exact) mass is 262 g/mol. The van der Waals surface area contributed by atoms with Gasteiger partial charge in [-0.25, -0.2) is 4.79 Å². The molecule has 0 fully saturated rings. The number of rotatable bonds is 5. The average Bonchev–Trinajstić information content (AvgIpc) is 2.76. The summed E-state index contributed by atoms with van der Waals surface area (Å²) < 4.78 is 0. The van der Waals surface area contributed by atoms with Crippen LogP contribution in [0.15, 0.2) is 24.3 Å². The first-order chi connectivity index (χ1) is 9.06. The van der Waals surface area contributed by atoms with Crippen molar-refractivity contribution >= 4 is 11.9 Å². The zero-order valence-corrected chi connectivity index (χ0v) is 10.8. The Morgan fingerprint density at radius 2 is 1.89 bits per heavy atom. The van der Waals surface area contributed by atoms with Crippen LogP contribution >= 0.6 is 0 Å². The Morgan fingerprint density at radius 3 is 2.37 bits per heavy atom. The van der Waals surface area contributed by atoms with Gasteiger partial charge in [0.25, 0.3) is 0 Å². The highest BCUT2D eigenvalue weighted by atomic mass is 16.4. The molecule has 1 aromatic rings. The SMILES string of the molecule is CC(=O)NC(CNC1Cc2ccccc2C1)C(=O)O. The van der Waals surface area contributed by atoms with Gasteiger partial charge in [0.1, 0.15) is 6.04 Å². The molecule has 3 N–H and O–H groups in total. The van der Waals surface area contributed by atoms with E-state index in [1.807, 2.05) is 12.1 Å². The summed E-state index contributed by atoms with van der Waals surface area (Å²) in [5.41, 5.74) is 2.62. The highest BCUT2D eigenvalue weighted by Gasteiger charge is 2.24. The molecule has 19 heavy (non-hydrogen) atoms. The lowest BCUT2D eigenvalue weighted by atomic mass is 10.1. The number of hydrogen-bond acceptors (Lipinski definition) is 3. The lowest BCUT2D eigenvalue weighted by molar-refractivity contribution is -0.141. The van der Waals surface area contributed by atoms with Gasteiger partial charge in [-0.15, -0.1) is 0 Å². The minimum Gasteiger partial charge on any atom is -0.480 e. The third-order valence-corrected chi connectivity index (χ3v) is 3.34. The van der Waals surface area contributed by atoms with Gasteiger partial charge in [0.2, 0.25) is 5.91 Å². The van der Waals surface area contributed by atoms with Gasteiger partial charge in [-0.3, -0.25) is 4.79 Å². The van der Waals surface area contributed by atoms with E-state index in [2.05, 4.69) is 22.8 Å². The van der Waals surface area contributed by atoms with Crippen LogP contribution in [-0.2, 0) is 22.4 Å². The molecule has 1 aromatic carbocycles. The van der Waals surface area contributed by atoms with Crippen LogP contribution < -0.4 is 10.6 Å². The summed E-state index contributed by atoms with van der Waals surface area (Å²) in [6, 6.07) is 7.59. The maximum absolute atomic E-state index is 11.0. The van der Waals surface area contributed by atoms with Crippen LogP contribution in [0.1, 0.15) is 18.1 Å². The van der Waals surface area contributed by atoms with Crippen molar-refractivity contribution in [3.8, 4) is 0 Å². The number of carbonyl (C=O) groups is 2. The molecule has 102 valence electrons. The van der Waals surface area contributed by atoms with E-state index in [0.29, 0.717) is 0 Å². The Labute approximate surface area is 112 Å². The maximum Gasteiger partial charge on any atom is 0.327 e. The summed E-state index contributed by atoms with van der Waals surface area (Å²) in [6.07, 6.45) is 1.81. The van der Waals surface area contributed by atoms with Crippen LogP contribution in [-0.4, -0.2) is 35.6 Å². The number of carbonyl (C=O) groups excluding carboxylic acids is 1. The Balaban J connectivity index is 1.86. The standard InChI is InChI=1S/C14H18N2O3/c1-9(17)16-13(14(18)19)8-15-12-6-10-4-2-3-5-11(10)7-12/h2-5,12-13,15H,6-8H2,1H3,(H,16,17)(H,18,19). The first-order valence-corrected chi connectivity index (χ1v) is 6.36. The summed E-state index contributed by atoms with van der Waals surface area (Å²) in [4.78, 5) is 21.9. The summed E-state index contributed by atoms with van der Waals surface area (Å²) >= 11 is 0. The van der Waals surface area contributed by atoms with Crippen molar-refractivity contribution in [2.24, 2.45) is 0 Å². The van der Waals surface area contributed by atoms with Crippen LogP contribution in [0.2, 0.25) is 0 Å². The molecule has 1 aliphatic rings. The van der Waals surface area contributed by atoms with Crippen molar-refractivity contribution in [3.63, 3.8) is 0 Å². The molecular formula is C14H18N2O3. The van der Waals surface area contributed by atoms with Crippen LogP contribution in [0.4, 0.5) is 0 Å². The molecule has 5 nitrogen and oxygen atoms in total. The summed E-state index contributed by atoms with van der Waals surface area (Å²) in [7, 11) is 0. The highest BCUT2D eigenvalue weighted by molar-refractivity contribution is 5.82. The van der Waals surface area contributed by atoms with Crippen LogP contribution in [0.5, 0.6) is 0 Å². The molecule has 2 rings (SSSR count). The normalized spacial score (nSPS) is 15.8. The van der Waals surface area contributed by atoms with E-state index in [9.17, 15) is 9.59 Å². The Kier molecular flexibility index (Phi) is 4.16. The molecule has 1 atom stereocenters. The van der Waals surface area contributed by atoms with Crippen molar-refractivity contribution in [3.05, 3.63) is 35.4 Å². The van der Waals surface area contributed by atoms with Crippen molar-refractivity contribution in [1.29, 1.82) is 0 Å². The van der Waals surface area contributed by atoms with Crippen LogP contribution in [0.3, 0.4) is 0 Å². The number of carboxylic acids is 1. The highest BCUT2D eigenvalue weighted by Crippen LogP contribution is 2.21. The second-order valence-electron chi connectivity index (χ2n) is 4.87. The van der Waals surface area contributed by atoms with Crippen molar-refractivity contribution < 1.29 is 14.7 Å². The third-order valence-electron chi connectivity index (χ3n) is 3.34. The van der Waals surface area contributed by atoms with Gasteiger partial charge in [-0.1, -0.05) is 24.3 Å². The molecule has 0 aliphatic heterocycles. The van der Waals surface area contributed by atoms with Gasteiger partial charge in [0.15, 0.2) is 0 Å². The Hall–Kier alpha value is -1.88. The fraction of sp³-hybridized carbons (Fsp3) is 0.429. The molecule has 0 radical (unpaired) electrons. The Bertz CT molecular complexity index is 462. The predicted molar refractivity (Wildman–Crippen MR) is 70.9 cm³/mol. The lowest BCUT2D eigenvalue weighted by Crippen LogP contribution is -2.48. The smallest absolute Gasteiger partial charge is 0.327 e. The van der Waals surface area contributed by atoms with E-state index >= 15 is 0 Å². The van der Waals surface area contributed by atoms with Crippen molar-refractivity contribution in [2.75, 3.05) is 6.54 Å². The molecular weight excluding hydrogens is 244 g/mol. The third kappa shape index (κ3) is 3.54. The number of hydrogen-bond donors (Lipinski definition) is 3. The molecule has 0 saturated heterocycles. The second-order valence-corrected chi connectivity index (χ2v) is 4.87. The van der Waals surface area contributed by atoms with E-state index in [-0.39, 0.29) is 18.5 Å². The van der Waals surface area contributed by atoms with E-state index in [1.165, 1.54) is 18.1 Å². The quantitative estimate of drug-likeness (QED) is 0.714. The van der Waals surface area contributed by atoms with Gasteiger partial charge < -0.3 is 15.7 Å². The molecule has 0 bridgehead atoms. The zero-order chi connectivity index (χ0) is 13.8.